The minimum Gasteiger partial charge on any atom is -0.376 e. The molecule has 0 bridgehead atoms. The third-order valence-electron chi connectivity index (χ3n) is 3.24. The van der Waals surface area contributed by atoms with Crippen molar-refractivity contribution < 1.29 is 18.6 Å². The fraction of sp³-hybridized carbons (Fsp3) is 0.538. The van der Waals surface area contributed by atoms with Gasteiger partial charge in [-0.3, -0.25) is 0 Å². The molecule has 2 amide bonds. The van der Waals surface area contributed by atoms with Gasteiger partial charge < -0.3 is 24.4 Å². The van der Waals surface area contributed by atoms with Gasteiger partial charge in [0.05, 0.1) is 12.6 Å². The number of carbonyl (C=O) groups excluding carboxylic acids is 1. The zero-order valence-corrected chi connectivity index (χ0v) is 12.2. The molecule has 1 atom stereocenters. The quantitative estimate of drug-likeness (QED) is 0.847. The third-order valence-corrected chi connectivity index (χ3v) is 3.24. The van der Waals surface area contributed by atoms with E-state index >= 15 is 0 Å². The number of rotatable bonds is 5. The minimum atomic E-state index is -0.299. The Balaban J connectivity index is 1.45. The highest BCUT2D eigenvalue weighted by Gasteiger charge is 2.17. The highest BCUT2D eigenvalue weighted by atomic mass is 16.5. The van der Waals surface area contributed by atoms with Gasteiger partial charge in [0.15, 0.2) is 5.69 Å². The van der Waals surface area contributed by atoms with Crippen molar-refractivity contribution in [2.24, 2.45) is 0 Å². The van der Waals surface area contributed by atoms with Crippen LogP contribution in [0.4, 0.5) is 4.79 Å². The van der Waals surface area contributed by atoms with Gasteiger partial charge in [0, 0.05) is 19.2 Å². The molecule has 1 fully saturated rings. The smallest absolute Gasteiger partial charge is 0.315 e. The summed E-state index contributed by atoms with van der Waals surface area (Å²) >= 11 is 0. The largest absolute Gasteiger partial charge is 0.376 e. The number of urea groups is 1. The van der Waals surface area contributed by atoms with Crippen molar-refractivity contribution in [3.8, 4) is 11.5 Å². The van der Waals surface area contributed by atoms with Crippen molar-refractivity contribution in [2.45, 2.75) is 32.4 Å². The Morgan fingerprint density at radius 2 is 2.27 bits per heavy atom. The molecule has 1 aliphatic heterocycles. The van der Waals surface area contributed by atoms with Crippen molar-refractivity contribution in [1.82, 2.24) is 25.9 Å². The number of aromatic nitrogens is 3. The van der Waals surface area contributed by atoms with E-state index in [9.17, 15) is 4.79 Å². The maximum atomic E-state index is 11.7. The van der Waals surface area contributed by atoms with E-state index in [2.05, 4.69) is 25.9 Å². The van der Waals surface area contributed by atoms with Gasteiger partial charge >= 0.3 is 6.03 Å². The molecule has 2 N–H and O–H groups in total. The van der Waals surface area contributed by atoms with E-state index in [0.717, 1.165) is 19.4 Å². The van der Waals surface area contributed by atoms with E-state index in [0.29, 0.717) is 29.7 Å². The minimum absolute atomic E-state index is 0.108. The molecule has 1 saturated heterocycles. The molecule has 0 radical (unpaired) electrons. The van der Waals surface area contributed by atoms with Crippen LogP contribution in [0.1, 0.15) is 24.5 Å². The summed E-state index contributed by atoms with van der Waals surface area (Å²) in [6.07, 6.45) is 2.13. The summed E-state index contributed by atoms with van der Waals surface area (Å²) in [6.45, 7) is 3.18. The van der Waals surface area contributed by atoms with E-state index in [1.807, 2.05) is 0 Å². The van der Waals surface area contributed by atoms with Crippen LogP contribution in [0.15, 0.2) is 15.1 Å². The van der Waals surface area contributed by atoms with Crippen molar-refractivity contribution >= 4 is 6.03 Å². The second kappa shape index (κ2) is 6.56. The molecule has 2 aromatic heterocycles. The molecule has 0 saturated carbocycles. The lowest BCUT2D eigenvalue weighted by molar-refractivity contribution is 0.111. The van der Waals surface area contributed by atoms with Gasteiger partial charge in [0.2, 0.25) is 11.7 Å². The Morgan fingerprint density at radius 3 is 3.00 bits per heavy atom. The van der Waals surface area contributed by atoms with Crippen LogP contribution in [0.2, 0.25) is 0 Å². The van der Waals surface area contributed by atoms with Gasteiger partial charge in [-0.05, 0) is 19.8 Å². The van der Waals surface area contributed by atoms with Crippen LogP contribution in [0.3, 0.4) is 0 Å². The van der Waals surface area contributed by atoms with E-state index in [4.69, 9.17) is 13.8 Å². The molecule has 118 valence electrons. The van der Waals surface area contributed by atoms with Gasteiger partial charge in [0.1, 0.15) is 5.76 Å². The number of nitrogens with one attached hydrogen (secondary N) is 2. The van der Waals surface area contributed by atoms with Crippen molar-refractivity contribution in [2.75, 3.05) is 13.2 Å². The summed E-state index contributed by atoms with van der Waals surface area (Å²) < 4.78 is 15.4. The molecule has 0 aromatic carbocycles. The monoisotopic (exact) mass is 307 g/mol. The number of aryl methyl sites for hydroxylation is 1. The maximum Gasteiger partial charge on any atom is 0.315 e. The van der Waals surface area contributed by atoms with Crippen molar-refractivity contribution in [1.29, 1.82) is 0 Å². The molecular formula is C13H17N5O4. The Bertz CT molecular complexity index is 632. The second-order valence-corrected chi connectivity index (χ2v) is 5.03. The van der Waals surface area contributed by atoms with Gasteiger partial charge in [-0.1, -0.05) is 10.3 Å². The van der Waals surface area contributed by atoms with Crippen LogP contribution in [0, 0.1) is 6.92 Å². The van der Waals surface area contributed by atoms with Gasteiger partial charge in [0.25, 0.3) is 0 Å². The van der Waals surface area contributed by atoms with Crippen LogP contribution in [-0.4, -0.2) is 40.6 Å². The van der Waals surface area contributed by atoms with Crippen LogP contribution in [-0.2, 0) is 11.3 Å². The SMILES string of the molecule is Cc1cc(-c2noc(CNC(=O)NCC3CCCO3)n2)no1. The highest BCUT2D eigenvalue weighted by Crippen LogP contribution is 2.15. The molecule has 1 unspecified atom stereocenters. The number of amides is 2. The Labute approximate surface area is 126 Å². The van der Waals surface area contributed by atoms with Crippen LogP contribution >= 0.6 is 0 Å². The average molecular weight is 307 g/mol. The van der Waals surface area contributed by atoms with Gasteiger partial charge in [-0.2, -0.15) is 4.98 Å². The first-order valence-corrected chi connectivity index (χ1v) is 7.10. The number of nitrogens with zero attached hydrogens (tertiary/aromatic N) is 3. The molecule has 22 heavy (non-hydrogen) atoms. The van der Waals surface area contributed by atoms with Crippen LogP contribution in [0.25, 0.3) is 11.5 Å². The van der Waals surface area contributed by atoms with E-state index in [-0.39, 0.29) is 18.7 Å². The molecule has 0 spiro atoms. The normalized spacial score (nSPS) is 17.6. The Hall–Kier alpha value is -2.42. The fourth-order valence-electron chi connectivity index (χ4n) is 2.13. The van der Waals surface area contributed by atoms with Gasteiger partial charge in [-0.15, -0.1) is 0 Å². The molecule has 9 heteroatoms. The lowest BCUT2D eigenvalue weighted by Crippen LogP contribution is -2.39. The first kappa shape index (κ1) is 14.5. The molecule has 3 rings (SSSR count). The first-order chi connectivity index (χ1) is 10.7. The Kier molecular flexibility index (Phi) is 4.33. The molecule has 9 nitrogen and oxygen atoms in total. The standard InChI is InChI=1S/C13H17N5O4/c1-8-5-10(17-21-8)12-16-11(22-18-12)7-15-13(19)14-6-9-3-2-4-20-9/h5,9H,2-4,6-7H2,1H3,(H2,14,15,19). The predicted octanol–water partition coefficient (Wildman–Crippen LogP) is 1.01. The summed E-state index contributed by atoms with van der Waals surface area (Å²) in [5.41, 5.74) is 0.496. The lowest BCUT2D eigenvalue weighted by Gasteiger charge is -2.10. The summed E-state index contributed by atoms with van der Waals surface area (Å²) in [4.78, 5) is 15.8. The Morgan fingerprint density at radius 1 is 1.36 bits per heavy atom. The molecule has 3 heterocycles. The number of hydrogen-bond acceptors (Lipinski definition) is 7. The molecular weight excluding hydrogens is 290 g/mol. The molecule has 0 aliphatic carbocycles. The summed E-state index contributed by atoms with van der Waals surface area (Å²) in [5, 5.41) is 13.0. The third kappa shape index (κ3) is 3.61. The van der Waals surface area contributed by atoms with Crippen LogP contribution in [0.5, 0.6) is 0 Å². The van der Waals surface area contributed by atoms with Crippen molar-refractivity contribution in [3.05, 3.63) is 17.7 Å². The molecule has 1 aliphatic rings. The summed E-state index contributed by atoms with van der Waals surface area (Å²) in [7, 11) is 0. The highest BCUT2D eigenvalue weighted by molar-refractivity contribution is 5.73. The fourth-order valence-corrected chi connectivity index (χ4v) is 2.13. The first-order valence-electron chi connectivity index (χ1n) is 7.10. The number of carbonyl (C=O) groups is 1. The predicted molar refractivity (Wildman–Crippen MR) is 73.7 cm³/mol. The van der Waals surface area contributed by atoms with Crippen LogP contribution < -0.4 is 10.6 Å². The summed E-state index contributed by atoms with van der Waals surface area (Å²) in [5.74, 6) is 1.28. The summed E-state index contributed by atoms with van der Waals surface area (Å²) in [6, 6.07) is 1.41. The van der Waals surface area contributed by atoms with E-state index in [1.54, 1.807) is 13.0 Å². The van der Waals surface area contributed by atoms with Crippen molar-refractivity contribution in [3.63, 3.8) is 0 Å². The zero-order chi connectivity index (χ0) is 15.4. The topological polar surface area (TPSA) is 115 Å². The second-order valence-electron chi connectivity index (χ2n) is 5.03. The zero-order valence-electron chi connectivity index (χ0n) is 12.2. The number of ether oxygens (including phenoxy) is 1. The average Bonchev–Trinajstić information content (AvgIpc) is 3.24. The maximum absolute atomic E-state index is 11.7. The van der Waals surface area contributed by atoms with E-state index in [1.165, 1.54) is 0 Å². The molecule has 2 aromatic rings. The van der Waals surface area contributed by atoms with Gasteiger partial charge in [-0.25, -0.2) is 4.79 Å². The van der Waals surface area contributed by atoms with E-state index < -0.39 is 0 Å². The lowest BCUT2D eigenvalue weighted by atomic mass is 10.2. The number of hydrogen-bond donors (Lipinski definition) is 2.